The molecule has 0 aliphatic carbocycles. The summed E-state index contributed by atoms with van der Waals surface area (Å²) in [7, 11) is -3.38. The standard InChI is InChI=1S/C13H14N2O3S/c1-10-14-7-12(13(16)15-10)9-19(17,18)8-11-5-3-2-4-6-11/h2-7H,8-9H2,1H3,(H,14,15,16). The molecule has 0 bridgehead atoms. The molecule has 0 amide bonds. The molecule has 1 aromatic heterocycles. The normalized spacial score (nSPS) is 11.4. The number of nitrogens with zero attached hydrogens (tertiary/aromatic N) is 1. The molecule has 0 spiro atoms. The highest BCUT2D eigenvalue weighted by Crippen LogP contribution is 2.09. The van der Waals surface area contributed by atoms with Gasteiger partial charge in [0.05, 0.1) is 17.1 Å². The van der Waals surface area contributed by atoms with Crippen molar-refractivity contribution in [2.24, 2.45) is 0 Å². The van der Waals surface area contributed by atoms with Gasteiger partial charge in [0.2, 0.25) is 0 Å². The van der Waals surface area contributed by atoms with Crippen molar-refractivity contribution in [1.29, 1.82) is 0 Å². The Labute approximate surface area is 111 Å². The average molecular weight is 278 g/mol. The van der Waals surface area contributed by atoms with Gasteiger partial charge < -0.3 is 4.98 Å². The fourth-order valence-electron chi connectivity index (χ4n) is 1.73. The molecule has 2 aromatic rings. The fraction of sp³-hybridized carbons (Fsp3) is 0.231. The Balaban J connectivity index is 2.20. The van der Waals surface area contributed by atoms with E-state index in [1.807, 2.05) is 6.07 Å². The highest BCUT2D eigenvalue weighted by Gasteiger charge is 2.15. The summed E-state index contributed by atoms with van der Waals surface area (Å²) in [5.74, 6) is 0.0836. The highest BCUT2D eigenvalue weighted by atomic mass is 32.2. The largest absolute Gasteiger partial charge is 0.311 e. The van der Waals surface area contributed by atoms with Crippen molar-refractivity contribution in [1.82, 2.24) is 9.97 Å². The van der Waals surface area contributed by atoms with Crippen LogP contribution in [0.25, 0.3) is 0 Å². The number of hydrogen-bond acceptors (Lipinski definition) is 4. The van der Waals surface area contributed by atoms with Crippen molar-refractivity contribution < 1.29 is 8.42 Å². The number of aromatic nitrogens is 2. The molecule has 1 N–H and O–H groups in total. The minimum atomic E-state index is -3.38. The molecule has 0 saturated heterocycles. The molecule has 0 saturated carbocycles. The van der Waals surface area contributed by atoms with Gasteiger partial charge in [-0.05, 0) is 12.5 Å². The lowest BCUT2D eigenvalue weighted by molar-refractivity contribution is 0.594. The predicted molar refractivity (Wildman–Crippen MR) is 72.4 cm³/mol. The van der Waals surface area contributed by atoms with Gasteiger partial charge in [0.25, 0.3) is 5.56 Å². The first kappa shape index (κ1) is 13.5. The molecule has 1 aromatic carbocycles. The van der Waals surface area contributed by atoms with Crippen LogP contribution in [0.2, 0.25) is 0 Å². The molecule has 0 aliphatic heterocycles. The number of H-pyrrole nitrogens is 1. The van der Waals surface area contributed by atoms with E-state index >= 15 is 0 Å². The van der Waals surface area contributed by atoms with E-state index in [2.05, 4.69) is 9.97 Å². The highest BCUT2D eigenvalue weighted by molar-refractivity contribution is 7.89. The molecule has 0 fully saturated rings. The van der Waals surface area contributed by atoms with Gasteiger partial charge in [0.15, 0.2) is 9.84 Å². The SMILES string of the molecule is Cc1ncc(CS(=O)(=O)Cc2ccccc2)c(=O)[nH]1. The third-order valence-corrected chi connectivity index (χ3v) is 4.13. The summed E-state index contributed by atoms with van der Waals surface area (Å²) < 4.78 is 24.1. The van der Waals surface area contributed by atoms with Crippen LogP contribution in [0.5, 0.6) is 0 Å². The third kappa shape index (κ3) is 3.75. The van der Waals surface area contributed by atoms with Crippen LogP contribution >= 0.6 is 0 Å². The summed E-state index contributed by atoms with van der Waals surface area (Å²) in [6.45, 7) is 1.64. The second-order valence-corrected chi connectivity index (χ2v) is 6.41. The van der Waals surface area contributed by atoms with E-state index in [-0.39, 0.29) is 17.1 Å². The monoisotopic (exact) mass is 278 g/mol. The van der Waals surface area contributed by atoms with Crippen molar-refractivity contribution in [2.75, 3.05) is 0 Å². The van der Waals surface area contributed by atoms with E-state index in [0.717, 1.165) is 0 Å². The second kappa shape index (κ2) is 5.36. The molecule has 1 heterocycles. The maximum Gasteiger partial charge on any atom is 0.255 e. The molecular weight excluding hydrogens is 264 g/mol. The maximum absolute atomic E-state index is 12.0. The Morgan fingerprint density at radius 3 is 2.47 bits per heavy atom. The molecule has 0 unspecified atom stereocenters. The minimum absolute atomic E-state index is 0.0822. The van der Waals surface area contributed by atoms with Crippen LogP contribution in [-0.2, 0) is 21.3 Å². The Kier molecular flexibility index (Phi) is 3.80. The Morgan fingerprint density at radius 2 is 1.84 bits per heavy atom. The number of nitrogens with one attached hydrogen (secondary N) is 1. The van der Waals surface area contributed by atoms with Gasteiger partial charge in [-0.1, -0.05) is 30.3 Å². The maximum atomic E-state index is 12.0. The molecule has 0 aliphatic rings. The van der Waals surface area contributed by atoms with Gasteiger partial charge in [-0.25, -0.2) is 13.4 Å². The predicted octanol–water partition coefficient (Wildman–Crippen LogP) is 1.19. The van der Waals surface area contributed by atoms with Crippen LogP contribution in [0, 0.1) is 6.92 Å². The Hall–Kier alpha value is -1.95. The van der Waals surface area contributed by atoms with Crippen molar-refractivity contribution in [3.8, 4) is 0 Å². The van der Waals surface area contributed by atoms with E-state index in [9.17, 15) is 13.2 Å². The van der Waals surface area contributed by atoms with Gasteiger partial charge in [-0.3, -0.25) is 4.79 Å². The quantitative estimate of drug-likeness (QED) is 0.911. The smallest absolute Gasteiger partial charge is 0.255 e. The van der Waals surface area contributed by atoms with Crippen LogP contribution in [0.1, 0.15) is 17.0 Å². The lowest BCUT2D eigenvalue weighted by Crippen LogP contribution is -2.19. The zero-order chi connectivity index (χ0) is 13.9. The summed E-state index contributed by atoms with van der Waals surface area (Å²) in [4.78, 5) is 18.0. The lowest BCUT2D eigenvalue weighted by atomic mass is 10.2. The molecular formula is C13H14N2O3S. The molecule has 6 heteroatoms. The van der Waals surface area contributed by atoms with Crippen LogP contribution in [0.3, 0.4) is 0 Å². The first-order valence-electron chi connectivity index (χ1n) is 5.75. The fourth-order valence-corrected chi connectivity index (χ4v) is 3.21. The molecule has 19 heavy (non-hydrogen) atoms. The number of hydrogen-bond donors (Lipinski definition) is 1. The Morgan fingerprint density at radius 1 is 1.16 bits per heavy atom. The number of rotatable bonds is 4. The van der Waals surface area contributed by atoms with Crippen molar-refractivity contribution in [3.05, 3.63) is 63.8 Å². The molecule has 0 atom stereocenters. The summed E-state index contributed by atoms with van der Waals surface area (Å²) in [5, 5.41) is 0. The van der Waals surface area contributed by atoms with E-state index in [1.54, 1.807) is 31.2 Å². The summed E-state index contributed by atoms with van der Waals surface area (Å²) in [5.41, 5.74) is 0.477. The zero-order valence-corrected chi connectivity index (χ0v) is 11.3. The van der Waals surface area contributed by atoms with Crippen molar-refractivity contribution >= 4 is 9.84 Å². The molecule has 2 rings (SSSR count). The van der Waals surface area contributed by atoms with E-state index in [4.69, 9.17) is 0 Å². The van der Waals surface area contributed by atoms with Gasteiger partial charge in [-0.2, -0.15) is 0 Å². The van der Waals surface area contributed by atoms with Crippen LogP contribution in [-0.4, -0.2) is 18.4 Å². The van der Waals surface area contributed by atoms with Crippen LogP contribution < -0.4 is 5.56 Å². The van der Waals surface area contributed by atoms with Crippen molar-refractivity contribution in [3.63, 3.8) is 0 Å². The summed E-state index contributed by atoms with van der Waals surface area (Å²) in [6, 6.07) is 8.88. The number of aromatic amines is 1. The summed E-state index contributed by atoms with van der Waals surface area (Å²) in [6.07, 6.45) is 1.32. The van der Waals surface area contributed by atoms with Gasteiger partial charge >= 0.3 is 0 Å². The molecule has 100 valence electrons. The average Bonchev–Trinajstić information content (AvgIpc) is 2.33. The Bertz CT molecular complexity index is 721. The van der Waals surface area contributed by atoms with E-state index < -0.39 is 15.4 Å². The zero-order valence-electron chi connectivity index (χ0n) is 10.5. The number of benzene rings is 1. The van der Waals surface area contributed by atoms with Gasteiger partial charge in [-0.15, -0.1) is 0 Å². The second-order valence-electron chi connectivity index (χ2n) is 4.34. The minimum Gasteiger partial charge on any atom is -0.311 e. The molecule has 0 radical (unpaired) electrons. The van der Waals surface area contributed by atoms with Crippen LogP contribution in [0.4, 0.5) is 0 Å². The van der Waals surface area contributed by atoms with E-state index in [1.165, 1.54) is 6.20 Å². The van der Waals surface area contributed by atoms with Crippen LogP contribution in [0.15, 0.2) is 41.3 Å². The van der Waals surface area contributed by atoms with E-state index in [0.29, 0.717) is 11.4 Å². The van der Waals surface area contributed by atoms with Gasteiger partial charge in [0.1, 0.15) is 5.82 Å². The summed E-state index contributed by atoms with van der Waals surface area (Å²) >= 11 is 0. The first-order valence-corrected chi connectivity index (χ1v) is 7.57. The topological polar surface area (TPSA) is 79.9 Å². The van der Waals surface area contributed by atoms with Gasteiger partial charge in [0, 0.05) is 6.20 Å². The number of aryl methyl sites for hydroxylation is 1. The molecule has 5 nitrogen and oxygen atoms in total. The lowest BCUT2D eigenvalue weighted by Gasteiger charge is -2.04. The number of sulfone groups is 1. The first-order chi connectivity index (χ1) is 8.96. The third-order valence-electron chi connectivity index (χ3n) is 2.60. The van der Waals surface area contributed by atoms with Crippen molar-refractivity contribution in [2.45, 2.75) is 18.4 Å².